The molecule has 0 spiro atoms. The average Bonchev–Trinajstić information content (AvgIpc) is 2.99. The van der Waals surface area contributed by atoms with Crippen LogP contribution in [-0.2, 0) is 4.74 Å². The molecule has 1 aromatic carbocycles. The van der Waals surface area contributed by atoms with E-state index >= 15 is 0 Å². The lowest BCUT2D eigenvalue weighted by molar-refractivity contribution is 0.116. The first-order valence-corrected chi connectivity index (χ1v) is 7.28. The van der Waals surface area contributed by atoms with E-state index in [-0.39, 0.29) is 0 Å². The van der Waals surface area contributed by atoms with Gasteiger partial charge in [0.1, 0.15) is 0 Å². The van der Waals surface area contributed by atoms with Gasteiger partial charge >= 0.3 is 0 Å². The van der Waals surface area contributed by atoms with Crippen LogP contribution in [0.4, 0.5) is 11.4 Å². The van der Waals surface area contributed by atoms with Crippen molar-refractivity contribution in [2.45, 2.75) is 25.9 Å². The van der Waals surface area contributed by atoms with E-state index in [1.165, 1.54) is 6.42 Å². The monoisotopic (exact) mass is 271 g/mol. The molecule has 1 aromatic heterocycles. The minimum atomic E-state index is 0.336. The van der Waals surface area contributed by atoms with Crippen LogP contribution in [0, 0.1) is 0 Å². The number of rotatable bonds is 4. The molecule has 0 bridgehead atoms. The zero-order valence-electron chi connectivity index (χ0n) is 11.9. The number of nitrogens with zero attached hydrogens (tertiary/aromatic N) is 2. The van der Waals surface area contributed by atoms with E-state index in [4.69, 9.17) is 10.5 Å². The van der Waals surface area contributed by atoms with Gasteiger partial charge in [0.2, 0.25) is 0 Å². The van der Waals surface area contributed by atoms with E-state index in [9.17, 15) is 0 Å². The van der Waals surface area contributed by atoms with Crippen LogP contribution in [0.5, 0.6) is 0 Å². The van der Waals surface area contributed by atoms with E-state index in [2.05, 4.69) is 28.9 Å². The Balaban J connectivity index is 1.92. The highest BCUT2D eigenvalue weighted by atomic mass is 16.5. The molecule has 0 saturated carbocycles. The average molecular weight is 271 g/mol. The van der Waals surface area contributed by atoms with Crippen molar-refractivity contribution in [2.24, 2.45) is 0 Å². The number of likely N-dealkylation sites (N-methyl/N-ethyl adjacent to an activating group) is 1. The standard InChI is InChI=1S/C16H21N3O/c1-2-19(11-13-4-3-9-20-13)15-6-5-12-10-18-8-7-14(12)16(15)17/h5-8,10,13H,2-4,9,11,17H2,1H3. The molecule has 1 aliphatic rings. The zero-order chi connectivity index (χ0) is 13.9. The minimum absolute atomic E-state index is 0.336. The number of hydrogen-bond donors (Lipinski definition) is 1. The Hall–Kier alpha value is -1.81. The van der Waals surface area contributed by atoms with Crippen molar-refractivity contribution >= 4 is 22.1 Å². The Morgan fingerprint density at radius 3 is 3.05 bits per heavy atom. The maximum absolute atomic E-state index is 6.36. The van der Waals surface area contributed by atoms with E-state index < -0.39 is 0 Å². The first kappa shape index (κ1) is 13.2. The summed E-state index contributed by atoms with van der Waals surface area (Å²) in [5, 5.41) is 2.16. The number of aromatic nitrogens is 1. The summed E-state index contributed by atoms with van der Waals surface area (Å²) in [5.74, 6) is 0. The molecule has 2 heterocycles. The van der Waals surface area contributed by atoms with Gasteiger partial charge in [0.15, 0.2) is 0 Å². The molecule has 1 fully saturated rings. The third-order valence-corrected chi connectivity index (χ3v) is 4.01. The molecule has 4 heteroatoms. The topological polar surface area (TPSA) is 51.4 Å². The summed E-state index contributed by atoms with van der Waals surface area (Å²) >= 11 is 0. The molecule has 2 N–H and O–H groups in total. The second kappa shape index (κ2) is 5.67. The fourth-order valence-corrected chi connectivity index (χ4v) is 2.89. The third kappa shape index (κ3) is 2.43. The lowest BCUT2D eigenvalue weighted by Gasteiger charge is -2.27. The molecule has 0 amide bonds. The summed E-state index contributed by atoms with van der Waals surface area (Å²) in [6.45, 7) is 4.89. The highest BCUT2D eigenvalue weighted by molar-refractivity contribution is 5.98. The summed E-state index contributed by atoms with van der Waals surface area (Å²) in [6, 6.07) is 6.16. The van der Waals surface area contributed by atoms with Crippen LogP contribution in [0.3, 0.4) is 0 Å². The highest BCUT2D eigenvalue weighted by Gasteiger charge is 2.20. The molecule has 0 radical (unpaired) electrons. The molecule has 20 heavy (non-hydrogen) atoms. The number of pyridine rings is 1. The molecular formula is C16H21N3O. The fourth-order valence-electron chi connectivity index (χ4n) is 2.89. The summed E-state index contributed by atoms with van der Waals surface area (Å²) < 4.78 is 5.74. The van der Waals surface area contributed by atoms with Crippen LogP contribution in [-0.4, -0.2) is 30.8 Å². The number of nitrogen functional groups attached to an aromatic ring is 1. The van der Waals surface area contributed by atoms with Gasteiger partial charge in [-0.2, -0.15) is 0 Å². The van der Waals surface area contributed by atoms with Crippen molar-refractivity contribution in [1.29, 1.82) is 0 Å². The number of ether oxygens (including phenoxy) is 1. The summed E-state index contributed by atoms with van der Waals surface area (Å²) in [6.07, 6.45) is 6.29. The van der Waals surface area contributed by atoms with Gasteiger partial charge in [-0.3, -0.25) is 4.98 Å². The summed E-state index contributed by atoms with van der Waals surface area (Å²) in [5.41, 5.74) is 8.30. The number of fused-ring (bicyclic) bond motifs is 1. The van der Waals surface area contributed by atoms with Gasteiger partial charge in [-0.05, 0) is 31.9 Å². The molecule has 1 aliphatic heterocycles. The maximum Gasteiger partial charge on any atom is 0.0750 e. The Labute approximate surface area is 119 Å². The molecule has 106 valence electrons. The normalized spacial score (nSPS) is 18.6. The van der Waals surface area contributed by atoms with Crippen molar-refractivity contribution in [1.82, 2.24) is 4.98 Å². The van der Waals surface area contributed by atoms with Gasteiger partial charge in [-0.15, -0.1) is 0 Å². The lowest BCUT2D eigenvalue weighted by Crippen LogP contribution is -2.32. The number of benzene rings is 1. The summed E-state index contributed by atoms with van der Waals surface area (Å²) in [4.78, 5) is 6.45. The van der Waals surface area contributed by atoms with Gasteiger partial charge in [-0.25, -0.2) is 0 Å². The second-order valence-corrected chi connectivity index (χ2v) is 5.27. The Bertz CT molecular complexity index is 593. The van der Waals surface area contributed by atoms with Crippen LogP contribution in [0.25, 0.3) is 10.8 Å². The molecule has 1 atom stereocenters. The van der Waals surface area contributed by atoms with Crippen molar-refractivity contribution in [3.63, 3.8) is 0 Å². The predicted molar refractivity (Wildman–Crippen MR) is 83.0 cm³/mol. The van der Waals surface area contributed by atoms with Crippen molar-refractivity contribution in [2.75, 3.05) is 30.3 Å². The largest absolute Gasteiger partial charge is 0.397 e. The first-order valence-electron chi connectivity index (χ1n) is 7.28. The Morgan fingerprint density at radius 1 is 1.40 bits per heavy atom. The second-order valence-electron chi connectivity index (χ2n) is 5.27. The molecule has 1 saturated heterocycles. The van der Waals surface area contributed by atoms with E-state index in [0.717, 1.165) is 48.3 Å². The summed E-state index contributed by atoms with van der Waals surface area (Å²) in [7, 11) is 0. The molecule has 4 nitrogen and oxygen atoms in total. The smallest absolute Gasteiger partial charge is 0.0750 e. The number of hydrogen-bond acceptors (Lipinski definition) is 4. The fraction of sp³-hybridized carbons (Fsp3) is 0.438. The van der Waals surface area contributed by atoms with Crippen LogP contribution >= 0.6 is 0 Å². The van der Waals surface area contributed by atoms with E-state index in [1.54, 1.807) is 6.20 Å². The maximum atomic E-state index is 6.36. The van der Waals surface area contributed by atoms with Gasteiger partial charge in [0.05, 0.1) is 17.5 Å². The van der Waals surface area contributed by atoms with Gasteiger partial charge in [0.25, 0.3) is 0 Å². The van der Waals surface area contributed by atoms with Crippen molar-refractivity contribution in [3.8, 4) is 0 Å². The Kier molecular flexibility index (Phi) is 3.74. The molecule has 3 rings (SSSR count). The van der Waals surface area contributed by atoms with Crippen molar-refractivity contribution < 1.29 is 4.74 Å². The van der Waals surface area contributed by atoms with Crippen LogP contribution < -0.4 is 10.6 Å². The van der Waals surface area contributed by atoms with Gasteiger partial charge in [0, 0.05) is 42.9 Å². The first-order chi connectivity index (χ1) is 9.79. The predicted octanol–water partition coefficient (Wildman–Crippen LogP) is 2.82. The number of anilines is 2. The van der Waals surface area contributed by atoms with Crippen molar-refractivity contribution in [3.05, 3.63) is 30.6 Å². The molecule has 0 aliphatic carbocycles. The van der Waals surface area contributed by atoms with E-state index in [0.29, 0.717) is 6.10 Å². The number of nitrogens with two attached hydrogens (primary N) is 1. The van der Waals surface area contributed by atoms with Gasteiger partial charge in [-0.1, -0.05) is 6.07 Å². The van der Waals surface area contributed by atoms with Crippen LogP contribution in [0.15, 0.2) is 30.6 Å². The third-order valence-electron chi connectivity index (χ3n) is 4.01. The molecular weight excluding hydrogens is 250 g/mol. The molecule has 2 aromatic rings. The Morgan fingerprint density at radius 2 is 2.30 bits per heavy atom. The van der Waals surface area contributed by atoms with E-state index in [1.807, 2.05) is 12.3 Å². The zero-order valence-corrected chi connectivity index (χ0v) is 11.9. The van der Waals surface area contributed by atoms with Crippen LogP contribution in [0.1, 0.15) is 19.8 Å². The molecule has 1 unspecified atom stereocenters. The highest BCUT2D eigenvalue weighted by Crippen LogP contribution is 2.31. The lowest BCUT2D eigenvalue weighted by atomic mass is 10.1. The van der Waals surface area contributed by atoms with Crippen LogP contribution in [0.2, 0.25) is 0 Å². The van der Waals surface area contributed by atoms with Gasteiger partial charge < -0.3 is 15.4 Å². The SMILES string of the molecule is CCN(CC1CCCO1)c1ccc2cnccc2c1N. The minimum Gasteiger partial charge on any atom is -0.397 e. The quantitative estimate of drug-likeness (QED) is 0.869.